The molecular weight excluding hydrogens is 358 g/mol. The van der Waals surface area contributed by atoms with Gasteiger partial charge in [0.1, 0.15) is 11.4 Å². The summed E-state index contributed by atoms with van der Waals surface area (Å²) in [6.45, 7) is 0. The van der Waals surface area contributed by atoms with Gasteiger partial charge in [0, 0.05) is 10.6 Å². The van der Waals surface area contributed by atoms with Crippen LogP contribution < -0.4 is 5.32 Å². The van der Waals surface area contributed by atoms with Gasteiger partial charge in [0.25, 0.3) is 5.91 Å². The zero-order chi connectivity index (χ0) is 16.4. The molecule has 0 unspecified atom stereocenters. The number of thioether (sulfide) groups is 1. The average molecular weight is 368 g/mol. The highest BCUT2D eigenvalue weighted by Gasteiger charge is 2.15. The fraction of sp³-hybridized carbons (Fsp3) is 0.0769. The molecule has 0 atom stereocenters. The van der Waals surface area contributed by atoms with Crippen molar-refractivity contribution in [3.05, 3.63) is 35.0 Å². The van der Waals surface area contributed by atoms with E-state index in [0.29, 0.717) is 21.4 Å². The predicted octanol–water partition coefficient (Wildman–Crippen LogP) is 3.26. The molecule has 0 bridgehead atoms. The Hall–Kier alpha value is -2.10. The number of amides is 1. The van der Waals surface area contributed by atoms with Crippen LogP contribution in [-0.2, 0) is 0 Å². The quantitative estimate of drug-likeness (QED) is 0.483. The molecule has 0 saturated carbocycles. The van der Waals surface area contributed by atoms with Crippen LogP contribution >= 0.6 is 34.7 Å². The number of halogens is 1. The topological polar surface area (TPSA) is 104 Å². The normalized spacial score (nSPS) is 10.7. The summed E-state index contributed by atoms with van der Waals surface area (Å²) in [5, 5.41) is 27.8. The second kappa shape index (κ2) is 6.57. The van der Waals surface area contributed by atoms with Crippen molar-refractivity contribution in [3.8, 4) is 17.0 Å². The zero-order valence-electron chi connectivity index (χ0n) is 11.7. The number of carbonyl (C=O) groups excluding carboxylic acids is 1. The van der Waals surface area contributed by atoms with Crippen molar-refractivity contribution >= 4 is 45.7 Å². The van der Waals surface area contributed by atoms with E-state index < -0.39 is 5.91 Å². The summed E-state index contributed by atoms with van der Waals surface area (Å²) in [5.41, 5.74) is 1.09. The number of nitrogens with zero attached hydrogens (tertiary/aromatic N) is 3. The highest BCUT2D eigenvalue weighted by atomic mass is 35.5. The third-order valence-corrected chi connectivity index (χ3v) is 4.91. The molecule has 2 aromatic heterocycles. The minimum absolute atomic E-state index is 0.0293. The molecule has 0 spiro atoms. The van der Waals surface area contributed by atoms with Crippen molar-refractivity contribution in [1.29, 1.82) is 0 Å². The molecule has 23 heavy (non-hydrogen) atoms. The molecular formula is C13H10ClN5O2S2. The Kier molecular flexibility index (Phi) is 4.51. The van der Waals surface area contributed by atoms with Gasteiger partial charge in [0.05, 0.1) is 5.69 Å². The molecule has 10 heteroatoms. The molecule has 3 rings (SSSR count). The van der Waals surface area contributed by atoms with Crippen molar-refractivity contribution in [2.45, 2.75) is 4.34 Å². The zero-order valence-corrected chi connectivity index (χ0v) is 14.1. The van der Waals surface area contributed by atoms with Crippen molar-refractivity contribution in [3.63, 3.8) is 0 Å². The monoisotopic (exact) mass is 367 g/mol. The summed E-state index contributed by atoms with van der Waals surface area (Å²) < 4.78 is 0.759. The van der Waals surface area contributed by atoms with Crippen LogP contribution in [0.25, 0.3) is 11.3 Å². The number of aromatic hydroxyl groups is 1. The van der Waals surface area contributed by atoms with Gasteiger partial charge in [-0.15, -0.1) is 10.2 Å². The molecule has 3 N–H and O–H groups in total. The lowest BCUT2D eigenvalue weighted by Gasteiger charge is -2.00. The Morgan fingerprint density at radius 2 is 2.22 bits per heavy atom. The van der Waals surface area contributed by atoms with Crippen LogP contribution in [-0.4, -0.2) is 37.7 Å². The number of nitrogens with one attached hydrogen (secondary N) is 2. The number of H-pyrrole nitrogens is 1. The van der Waals surface area contributed by atoms with Crippen molar-refractivity contribution in [2.24, 2.45) is 0 Å². The third-order valence-electron chi connectivity index (χ3n) is 2.86. The average Bonchev–Trinajstić information content (AvgIpc) is 3.18. The Morgan fingerprint density at radius 3 is 2.96 bits per heavy atom. The van der Waals surface area contributed by atoms with E-state index in [2.05, 4.69) is 25.7 Å². The maximum absolute atomic E-state index is 12.2. The van der Waals surface area contributed by atoms with E-state index >= 15 is 0 Å². The smallest absolute Gasteiger partial charge is 0.275 e. The molecule has 0 radical (unpaired) electrons. The fourth-order valence-corrected chi connectivity index (χ4v) is 3.13. The SMILES string of the molecule is CSc1nnc(NC(=O)c2cc(-c3cc(Cl)ccc3O)n[nH]2)s1. The van der Waals surface area contributed by atoms with Gasteiger partial charge in [-0.3, -0.25) is 15.2 Å². The number of aromatic amines is 1. The Labute approximate surface area is 144 Å². The van der Waals surface area contributed by atoms with Gasteiger partial charge in [-0.05, 0) is 30.5 Å². The van der Waals surface area contributed by atoms with Gasteiger partial charge in [-0.25, -0.2) is 0 Å². The second-order valence-corrected chi connectivity index (χ2v) is 6.83. The summed E-state index contributed by atoms with van der Waals surface area (Å²) in [4.78, 5) is 12.2. The summed E-state index contributed by atoms with van der Waals surface area (Å²) in [5.74, 6) is -0.365. The number of hydrogen-bond acceptors (Lipinski definition) is 7. The van der Waals surface area contributed by atoms with Crippen LogP contribution in [0.5, 0.6) is 5.75 Å². The number of aromatic nitrogens is 4. The van der Waals surface area contributed by atoms with Gasteiger partial charge in [0.2, 0.25) is 5.13 Å². The molecule has 3 aromatic rings. The first-order valence-corrected chi connectivity index (χ1v) is 8.72. The Balaban J connectivity index is 1.81. The third kappa shape index (κ3) is 3.46. The largest absolute Gasteiger partial charge is 0.507 e. The molecule has 0 aliphatic heterocycles. The molecule has 0 fully saturated rings. The first-order valence-electron chi connectivity index (χ1n) is 6.30. The van der Waals surface area contributed by atoms with Crippen LogP contribution in [0.2, 0.25) is 5.02 Å². The molecule has 1 aromatic carbocycles. The highest BCUT2D eigenvalue weighted by molar-refractivity contribution is 8.00. The number of carbonyl (C=O) groups is 1. The van der Waals surface area contributed by atoms with Gasteiger partial charge in [-0.1, -0.05) is 34.7 Å². The van der Waals surface area contributed by atoms with Gasteiger partial charge in [0.15, 0.2) is 4.34 Å². The molecule has 1 amide bonds. The van der Waals surface area contributed by atoms with E-state index in [1.54, 1.807) is 12.1 Å². The van der Waals surface area contributed by atoms with E-state index in [1.807, 2.05) is 6.26 Å². The lowest BCUT2D eigenvalue weighted by molar-refractivity contribution is 0.102. The highest BCUT2D eigenvalue weighted by Crippen LogP contribution is 2.31. The number of hydrogen-bond donors (Lipinski definition) is 3. The van der Waals surface area contributed by atoms with Crippen LogP contribution in [0, 0.1) is 0 Å². The minimum Gasteiger partial charge on any atom is -0.507 e. The number of benzene rings is 1. The van der Waals surface area contributed by atoms with Crippen molar-refractivity contribution in [2.75, 3.05) is 11.6 Å². The van der Waals surface area contributed by atoms with Crippen LogP contribution in [0.15, 0.2) is 28.6 Å². The number of rotatable bonds is 4. The Morgan fingerprint density at radius 1 is 1.39 bits per heavy atom. The van der Waals surface area contributed by atoms with E-state index in [4.69, 9.17) is 11.6 Å². The lowest BCUT2D eigenvalue weighted by atomic mass is 10.1. The summed E-state index contributed by atoms with van der Waals surface area (Å²) >= 11 is 8.65. The maximum Gasteiger partial charge on any atom is 0.275 e. The number of anilines is 1. The van der Waals surface area contributed by atoms with E-state index in [-0.39, 0.29) is 11.4 Å². The second-order valence-electron chi connectivity index (χ2n) is 4.36. The van der Waals surface area contributed by atoms with Crippen molar-refractivity contribution < 1.29 is 9.90 Å². The molecule has 2 heterocycles. The minimum atomic E-state index is -0.394. The summed E-state index contributed by atoms with van der Waals surface area (Å²) in [7, 11) is 0. The van der Waals surface area contributed by atoms with Crippen molar-refractivity contribution in [1.82, 2.24) is 20.4 Å². The summed E-state index contributed by atoms with van der Waals surface area (Å²) in [6.07, 6.45) is 1.88. The van der Waals surface area contributed by atoms with Gasteiger partial charge < -0.3 is 5.11 Å². The summed E-state index contributed by atoms with van der Waals surface area (Å²) in [6, 6.07) is 6.14. The molecule has 0 saturated heterocycles. The van der Waals surface area contributed by atoms with Gasteiger partial charge in [-0.2, -0.15) is 5.10 Å². The maximum atomic E-state index is 12.2. The Bertz CT molecular complexity index is 864. The van der Waals surface area contributed by atoms with E-state index in [0.717, 1.165) is 4.34 Å². The predicted molar refractivity (Wildman–Crippen MR) is 90.3 cm³/mol. The number of phenols is 1. The fourth-order valence-electron chi connectivity index (χ4n) is 1.80. The lowest BCUT2D eigenvalue weighted by Crippen LogP contribution is -2.12. The standard InChI is InChI=1S/C13H10ClN5O2S2/c1-22-13-19-18-12(23-13)15-11(21)9-5-8(16-17-9)7-4-6(14)2-3-10(7)20/h2-5,20H,1H3,(H,16,17)(H,15,18,21). The van der Waals surface area contributed by atoms with E-state index in [9.17, 15) is 9.90 Å². The van der Waals surface area contributed by atoms with Crippen LogP contribution in [0.3, 0.4) is 0 Å². The van der Waals surface area contributed by atoms with E-state index in [1.165, 1.54) is 35.2 Å². The molecule has 0 aliphatic rings. The van der Waals surface area contributed by atoms with Crippen LogP contribution in [0.1, 0.15) is 10.5 Å². The first kappa shape index (κ1) is 15.8. The molecule has 7 nitrogen and oxygen atoms in total. The molecule has 0 aliphatic carbocycles. The first-order chi connectivity index (χ1) is 11.1. The molecule has 118 valence electrons. The van der Waals surface area contributed by atoms with Gasteiger partial charge >= 0.3 is 0 Å². The van der Waals surface area contributed by atoms with Crippen LogP contribution in [0.4, 0.5) is 5.13 Å². The number of phenolic OH excluding ortho intramolecular Hbond substituents is 1.